The first-order valence-corrected chi connectivity index (χ1v) is 7.85. The zero-order valence-corrected chi connectivity index (χ0v) is 14.2. The lowest BCUT2D eigenvalue weighted by molar-refractivity contribution is -0.116. The molecule has 2 amide bonds. The van der Waals surface area contributed by atoms with Gasteiger partial charge in [-0.1, -0.05) is 17.7 Å². The Bertz CT molecular complexity index is 747. The molecular formula is C18H18ClFN2O2. The third kappa shape index (κ3) is 4.32. The van der Waals surface area contributed by atoms with Crippen molar-refractivity contribution < 1.29 is 14.0 Å². The highest BCUT2D eigenvalue weighted by Crippen LogP contribution is 2.26. The van der Waals surface area contributed by atoms with Gasteiger partial charge in [0.25, 0.3) is 5.91 Å². The maximum atomic E-state index is 12.9. The molecule has 0 aliphatic rings. The van der Waals surface area contributed by atoms with Crippen LogP contribution in [-0.4, -0.2) is 24.9 Å². The summed E-state index contributed by atoms with van der Waals surface area (Å²) in [6.45, 7) is 3.87. The fourth-order valence-corrected chi connectivity index (χ4v) is 2.49. The van der Waals surface area contributed by atoms with Gasteiger partial charge in [0.1, 0.15) is 5.82 Å². The molecule has 0 saturated heterocycles. The molecule has 2 aromatic rings. The Morgan fingerprint density at radius 3 is 2.46 bits per heavy atom. The van der Waals surface area contributed by atoms with Gasteiger partial charge in [0.05, 0.1) is 0 Å². The van der Waals surface area contributed by atoms with Crippen LogP contribution in [0.25, 0.3) is 0 Å². The van der Waals surface area contributed by atoms with E-state index in [0.29, 0.717) is 22.8 Å². The van der Waals surface area contributed by atoms with Crippen LogP contribution < -0.4 is 10.2 Å². The average Bonchev–Trinajstić information content (AvgIpc) is 2.55. The summed E-state index contributed by atoms with van der Waals surface area (Å²) in [5, 5.41) is 3.30. The van der Waals surface area contributed by atoms with Crippen LogP contribution in [0.3, 0.4) is 0 Å². The Balaban J connectivity index is 2.02. The van der Waals surface area contributed by atoms with Crippen LogP contribution in [0.5, 0.6) is 0 Å². The molecule has 126 valence electrons. The van der Waals surface area contributed by atoms with Crippen LogP contribution in [0.4, 0.5) is 10.1 Å². The van der Waals surface area contributed by atoms with E-state index in [0.717, 1.165) is 5.56 Å². The van der Waals surface area contributed by atoms with E-state index in [1.54, 1.807) is 17.0 Å². The summed E-state index contributed by atoms with van der Waals surface area (Å²) in [6, 6.07) is 10.6. The largest absolute Gasteiger partial charge is 0.350 e. The van der Waals surface area contributed by atoms with Crippen LogP contribution in [0, 0.1) is 12.7 Å². The van der Waals surface area contributed by atoms with Gasteiger partial charge in [-0.25, -0.2) is 4.39 Å². The number of halogens is 2. The molecule has 0 fully saturated rings. The zero-order chi connectivity index (χ0) is 17.7. The second-order valence-corrected chi connectivity index (χ2v) is 5.72. The molecular weight excluding hydrogens is 331 g/mol. The van der Waals surface area contributed by atoms with Crippen molar-refractivity contribution in [1.82, 2.24) is 5.32 Å². The predicted molar refractivity (Wildman–Crippen MR) is 92.9 cm³/mol. The van der Waals surface area contributed by atoms with Gasteiger partial charge in [0, 0.05) is 36.3 Å². The van der Waals surface area contributed by atoms with Gasteiger partial charge in [-0.05, 0) is 48.9 Å². The Kier molecular flexibility index (Phi) is 5.93. The molecule has 6 heteroatoms. The van der Waals surface area contributed by atoms with Crippen molar-refractivity contribution >= 4 is 29.1 Å². The maximum Gasteiger partial charge on any atom is 0.251 e. The van der Waals surface area contributed by atoms with Gasteiger partial charge < -0.3 is 10.2 Å². The SMILES string of the molecule is CC(=O)N(CCNC(=O)c1ccc(F)cc1)c1cccc(Cl)c1C. The van der Waals surface area contributed by atoms with E-state index < -0.39 is 5.82 Å². The number of rotatable bonds is 5. The van der Waals surface area contributed by atoms with Crippen molar-refractivity contribution in [2.75, 3.05) is 18.0 Å². The van der Waals surface area contributed by atoms with E-state index >= 15 is 0 Å². The molecule has 0 bridgehead atoms. The smallest absolute Gasteiger partial charge is 0.251 e. The third-order valence-corrected chi connectivity index (χ3v) is 4.05. The Hall–Kier alpha value is -2.40. The van der Waals surface area contributed by atoms with E-state index in [9.17, 15) is 14.0 Å². The Morgan fingerprint density at radius 1 is 1.17 bits per heavy atom. The molecule has 1 N–H and O–H groups in total. The summed E-state index contributed by atoms with van der Waals surface area (Å²) in [5.41, 5.74) is 1.88. The van der Waals surface area contributed by atoms with Gasteiger partial charge in [-0.2, -0.15) is 0 Å². The van der Waals surface area contributed by atoms with E-state index in [1.807, 2.05) is 13.0 Å². The molecule has 0 aliphatic carbocycles. The molecule has 0 atom stereocenters. The number of anilines is 1. The number of hydrogen-bond acceptors (Lipinski definition) is 2. The summed E-state index contributed by atoms with van der Waals surface area (Å²) in [4.78, 5) is 25.5. The molecule has 24 heavy (non-hydrogen) atoms. The first kappa shape index (κ1) is 17.9. The number of amides is 2. The number of nitrogens with one attached hydrogen (secondary N) is 1. The van der Waals surface area contributed by atoms with Gasteiger partial charge in [0.2, 0.25) is 5.91 Å². The van der Waals surface area contributed by atoms with Crippen LogP contribution in [0.15, 0.2) is 42.5 Å². The predicted octanol–water partition coefficient (Wildman–Crippen LogP) is 3.57. The van der Waals surface area contributed by atoms with Crippen molar-refractivity contribution in [1.29, 1.82) is 0 Å². The number of nitrogens with zero attached hydrogens (tertiary/aromatic N) is 1. The van der Waals surface area contributed by atoms with Gasteiger partial charge >= 0.3 is 0 Å². The van der Waals surface area contributed by atoms with Crippen LogP contribution in [0.1, 0.15) is 22.8 Å². The van der Waals surface area contributed by atoms with E-state index in [-0.39, 0.29) is 18.4 Å². The summed E-state index contributed by atoms with van der Waals surface area (Å²) in [6.07, 6.45) is 0. The van der Waals surface area contributed by atoms with Gasteiger partial charge in [-0.3, -0.25) is 9.59 Å². The molecule has 0 saturated carbocycles. The average molecular weight is 349 g/mol. The topological polar surface area (TPSA) is 49.4 Å². The minimum atomic E-state index is -0.397. The lowest BCUT2D eigenvalue weighted by Crippen LogP contribution is -2.38. The van der Waals surface area contributed by atoms with Crippen molar-refractivity contribution in [3.8, 4) is 0 Å². The highest BCUT2D eigenvalue weighted by molar-refractivity contribution is 6.31. The lowest BCUT2D eigenvalue weighted by Gasteiger charge is -2.23. The fraction of sp³-hybridized carbons (Fsp3) is 0.222. The van der Waals surface area contributed by atoms with Crippen LogP contribution in [0.2, 0.25) is 5.02 Å². The first-order chi connectivity index (χ1) is 11.4. The monoisotopic (exact) mass is 348 g/mol. The van der Waals surface area contributed by atoms with Crippen molar-refractivity contribution in [3.63, 3.8) is 0 Å². The van der Waals surface area contributed by atoms with Crippen LogP contribution in [-0.2, 0) is 4.79 Å². The molecule has 0 radical (unpaired) electrons. The fourth-order valence-electron chi connectivity index (χ4n) is 2.32. The standard InChI is InChI=1S/C18H18ClFN2O2/c1-12-16(19)4-3-5-17(12)22(13(2)23)11-10-21-18(24)14-6-8-15(20)9-7-14/h3-9H,10-11H2,1-2H3,(H,21,24). The normalized spacial score (nSPS) is 10.3. The molecule has 0 aliphatic heterocycles. The molecule has 0 heterocycles. The number of hydrogen-bond donors (Lipinski definition) is 1. The summed E-state index contributed by atoms with van der Waals surface area (Å²) < 4.78 is 12.9. The first-order valence-electron chi connectivity index (χ1n) is 7.47. The zero-order valence-electron chi connectivity index (χ0n) is 13.5. The highest BCUT2D eigenvalue weighted by Gasteiger charge is 2.15. The summed E-state index contributed by atoms with van der Waals surface area (Å²) >= 11 is 6.10. The quantitative estimate of drug-likeness (QED) is 0.898. The minimum absolute atomic E-state index is 0.142. The van der Waals surface area contributed by atoms with Gasteiger partial charge in [-0.15, -0.1) is 0 Å². The van der Waals surface area contributed by atoms with Crippen molar-refractivity contribution in [2.24, 2.45) is 0 Å². The molecule has 2 aromatic carbocycles. The third-order valence-electron chi connectivity index (χ3n) is 3.64. The molecule has 0 spiro atoms. The Morgan fingerprint density at radius 2 is 1.83 bits per heavy atom. The second-order valence-electron chi connectivity index (χ2n) is 5.32. The molecule has 2 rings (SSSR count). The van der Waals surface area contributed by atoms with Gasteiger partial charge in [0.15, 0.2) is 0 Å². The Labute approximate surface area is 145 Å². The number of carbonyl (C=O) groups excluding carboxylic acids is 2. The van der Waals surface area contributed by atoms with E-state index in [2.05, 4.69) is 5.32 Å². The number of carbonyl (C=O) groups is 2. The summed E-state index contributed by atoms with van der Waals surface area (Å²) in [5.74, 6) is -0.858. The maximum absolute atomic E-state index is 12.9. The second kappa shape index (κ2) is 7.93. The molecule has 4 nitrogen and oxygen atoms in total. The van der Waals surface area contributed by atoms with Crippen molar-refractivity contribution in [3.05, 3.63) is 64.4 Å². The van der Waals surface area contributed by atoms with E-state index in [1.165, 1.54) is 31.2 Å². The summed E-state index contributed by atoms with van der Waals surface area (Å²) in [7, 11) is 0. The number of benzene rings is 2. The minimum Gasteiger partial charge on any atom is -0.350 e. The molecule has 0 unspecified atom stereocenters. The highest BCUT2D eigenvalue weighted by atomic mass is 35.5. The van der Waals surface area contributed by atoms with Crippen molar-refractivity contribution in [2.45, 2.75) is 13.8 Å². The van der Waals surface area contributed by atoms with E-state index in [4.69, 9.17) is 11.6 Å². The van der Waals surface area contributed by atoms with Crippen LogP contribution >= 0.6 is 11.6 Å². The molecule has 0 aromatic heterocycles. The lowest BCUT2D eigenvalue weighted by atomic mass is 10.1.